The lowest BCUT2D eigenvalue weighted by molar-refractivity contribution is -0.141. The number of para-hydroxylation sites is 2. The Hall–Kier alpha value is -2.07. The van der Waals surface area contributed by atoms with Crippen LogP contribution in [0.4, 0.5) is 5.69 Å². The van der Waals surface area contributed by atoms with Crippen molar-refractivity contribution in [2.24, 2.45) is 0 Å². The summed E-state index contributed by atoms with van der Waals surface area (Å²) in [6, 6.07) is 7.37. The van der Waals surface area contributed by atoms with Crippen LogP contribution in [0, 0.1) is 0 Å². The van der Waals surface area contributed by atoms with E-state index < -0.39 is 0 Å². The predicted molar refractivity (Wildman–Crippen MR) is 150 cm³/mol. The minimum absolute atomic E-state index is 0.245. The molecule has 2 N–H and O–H groups in total. The summed E-state index contributed by atoms with van der Waals surface area (Å²) in [7, 11) is 1.35. The number of carbonyl (C=O) groups is 1. The first-order valence-corrected chi connectivity index (χ1v) is 14.0. The molecule has 0 fully saturated rings. The average Bonchev–Trinajstić information content (AvgIpc) is 2.98. The molecule has 0 spiro atoms. The van der Waals surface area contributed by atoms with Gasteiger partial charge >= 0.3 is 5.97 Å². The Morgan fingerprint density at radius 3 is 1.17 bits per heavy atom. The van der Waals surface area contributed by atoms with Crippen molar-refractivity contribution in [1.82, 2.24) is 0 Å². The number of methoxy groups -OCH3 is 1. The van der Waals surface area contributed by atoms with Crippen molar-refractivity contribution in [3.63, 3.8) is 0 Å². The van der Waals surface area contributed by atoms with Gasteiger partial charge in [0.15, 0.2) is 0 Å². The molecule has 0 saturated carbocycles. The minimum atomic E-state index is -0.286. The molecule has 0 radical (unpaired) electrons. The lowest BCUT2D eigenvalue weighted by Crippen LogP contribution is -2.15. The number of nitrogens with two attached hydrogens (primary N) is 1. The van der Waals surface area contributed by atoms with Gasteiger partial charge in [0, 0.05) is 0 Å². The van der Waals surface area contributed by atoms with Crippen LogP contribution in [0.25, 0.3) is 0 Å². The van der Waals surface area contributed by atoms with Crippen LogP contribution in [0.1, 0.15) is 6.42 Å². The number of esters is 1. The van der Waals surface area contributed by atoms with Gasteiger partial charge in [0.1, 0.15) is 12.4 Å². The molecule has 1 rings (SSSR count). The van der Waals surface area contributed by atoms with Crippen LogP contribution < -0.4 is 10.5 Å². The Labute approximate surface area is 243 Å². The van der Waals surface area contributed by atoms with Gasteiger partial charge in [0.2, 0.25) is 0 Å². The maximum absolute atomic E-state index is 10.9. The Morgan fingerprint density at radius 2 is 0.829 bits per heavy atom. The van der Waals surface area contributed by atoms with Gasteiger partial charge in [-0.1, -0.05) is 12.1 Å². The van der Waals surface area contributed by atoms with E-state index in [1.165, 1.54) is 7.11 Å². The zero-order valence-electron chi connectivity index (χ0n) is 24.4. The third kappa shape index (κ3) is 25.4. The first-order valence-electron chi connectivity index (χ1n) is 14.0. The fourth-order valence-corrected chi connectivity index (χ4v) is 2.94. The van der Waals surface area contributed by atoms with Gasteiger partial charge in [-0.15, -0.1) is 0 Å². The number of anilines is 1. The molecule has 41 heavy (non-hydrogen) atoms. The van der Waals surface area contributed by atoms with Gasteiger partial charge in [-0.05, 0) is 12.1 Å². The normalized spacial score (nSPS) is 11.1. The van der Waals surface area contributed by atoms with E-state index in [9.17, 15) is 4.79 Å². The summed E-state index contributed by atoms with van der Waals surface area (Å²) in [5.41, 5.74) is 6.42. The summed E-state index contributed by atoms with van der Waals surface area (Å²) in [5, 5.41) is 0. The Kier molecular flexibility index (Phi) is 26.5. The number of hydrogen-bond acceptors (Lipinski definition) is 13. The second kappa shape index (κ2) is 29.4. The van der Waals surface area contributed by atoms with Crippen LogP contribution in [0.2, 0.25) is 0 Å². The van der Waals surface area contributed by atoms with Gasteiger partial charge in [0.05, 0.1) is 138 Å². The average molecular weight is 592 g/mol. The highest BCUT2D eigenvalue weighted by Crippen LogP contribution is 2.19. The molecular weight excluding hydrogens is 542 g/mol. The predicted octanol–water partition coefficient (Wildman–Crippen LogP) is 1.36. The fraction of sp³-hybridized carbons (Fsp3) is 0.750. The molecule has 0 amide bonds. The van der Waals surface area contributed by atoms with Crippen LogP contribution in [0.15, 0.2) is 24.3 Å². The molecule has 0 aromatic heterocycles. The van der Waals surface area contributed by atoms with E-state index in [4.69, 9.17) is 53.1 Å². The van der Waals surface area contributed by atoms with E-state index >= 15 is 0 Å². The minimum Gasteiger partial charge on any atom is -0.489 e. The summed E-state index contributed by atoms with van der Waals surface area (Å²) in [4.78, 5) is 10.9. The first kappa shape index (κ1) is 37.0. The van der Waals surface area contributed by atoms with Gasteiger partial charge in [-0.25, -0.2) is 0 Å². The van der Waals surface area contributed by atoms with Gasteiger partial charge in [-0.2, -0.15) is 0 Å². The van der Waals surface area contributed by atoms with Crippen molar-refractivity contribution < 1.29 is 56.9 Å². The van der Waals surface area contributed by atoms with Gasteiger partial charge in [0.25, 0.3) is 0 Å². The molecule has 0 saturated heterocycles. The molecule has 0 aliphatic carbocycles. The number of carbonyl (C=O) groups excluding carboxylic acids is 1. The maximum Gasteiger partial charge on any atom is 0.307 e. The monoisotopic (exact) mass is 591 g/mol. The second-order valence-electron chi connectivity index (χ2n) is 8.22. The summed E-state index contributed by atoms with van der Waals surface area (Å²) >= 11 is 0. The molecule has 1 aromatic carbocycles. The fourth-order valence-electron chi connectivity index (χ4n) is 2.94. The molecule has 0 atom stereocenters. The topological polar surface area (TPSA) is 145 Å². The molecule has 0 aliphatic heterocycles. The highest BCUT2D eigenvalue weighted by Gasteiger charge is 2.00. The van der Waals surface area contributed by atoms with E-state index in [0.29, 0.717) is 137 Å². The zero-order valence-corrected chi connectivity index (χ0v) is 24.4. The van der Waals surface area contributed by atoms with Crippen molar-refractivity contribution in [1.29, 1.82) is 0 Å². The summed E-state index contributed by atoms with van der Waals surface area (Å²) < 4.78 is 58.8. The van der Waals surface area contributed by atoms with E-state index in [2.05, 4.69) is 4.74 Å². The first-order chi connectivity index (χ1) is 20.2. The van der Waals surface area contributed by atoms with Crippen LogP contribution in [0.5, 0.6) is 5.75 Å². The summed E-state index contributed by atoms with van der Waals surface area (Å²) in [6.45, 7) is 9.00. The largest absolute Gasteiger partial charge is 0.489 e. The van der Waals surface area contributed by atoms with Gasteiger partial charge in [-0.3, -0.25) is 4.79 Å². The van der Waals surface area contributed by atoms with Gasteiger partial charge < -0.3 is 57.8 Å². The molecule has 238 valence electrons. The lowest BCUT2D eigenvalue weighted by atomic mass is 10.3. The highest BCUT2D eigenvalue weighted by atomic mass is 16.6. The van der Waals surface area contributed by atoms with Crippen LogP contribution >= 0.6 is 0 Å². The summed E-state index contributed by atoms with van der Waals surface area (Å²) in [5.74, 6) is 0.379. The maximum atomic E-state index is 10.9. The molecule has 0 aliphatic rings. The SMILES string of the molecule is COC(=O)CCOCCOCCOCCOCCOCCOCCOCCOCCOCCOc1ccccc1N. The number of hydrogen-bond donors (Lipinski definition) is 1. The van der Waals surface area contributed by atoms with Crippen molar-refractivity contribution in [2.45, 2.75) is 6.42 Å². The number of nitrogen functional groups attached to an aromatic ring is 1. The van der Waals surface area contributed by atoms with Crippen LogP contribution in [-0.4, -0.2) is 139 Å². The third-order valence-electron chi connectivity index (χ3n) is 5.06. The number of rotatable bonds is 31. The van der Waals surface area contributed by atoms with E-state index in [-0.39, 0.29) is 12.4 Å². The number of ether oxygens (including phenoxy) is 11. The van der Waals surface area contributed by atoms with Crippen molar-refractivity contribution in [3.05, 3.63) is 24.3 Å². The van der Waals surface area contributed by atoms with E-state index in [0.717, 1.165) is 0 Å². The second-order valence-corrected chi connectivity index (χ2v) is 8.22. The number of benzene rings is 1. The van der Waals surface area contributed by atoms with Crippen molar-refractivity contribution in [2.75, 3.05) is 138 Å². The van der Waals surface area contributed by atoms with E-state index in [1.807, 2.05) is 18.2 Å². The molecule has 0 unspecified atom stereocenters. The van der Waals surface area contributed by atoms with E-state index in [1.54, 1.807) is 6.07 Å². The quantitative estimate of drug-likeness (QED) is 0.0754. The third-order valence-corrected chi connectivity index (χ3v) is 5.06. The standard InChI is InChI=1S/C28H49NO12/c1-31-28(30)6-7-32-8-9-33-10-11-34-12-13-35-14-15-36-16-17-37-18-19-38-20-21-39-22-23-40-24-25-41-27-5-3-2-4-26(27)29/h2-5H,6-25,29H2,1H3. The zero-order chi connectivity index (χ0) is 29.5. The van der Waals surface area contributed by atoms with Crippen molar-refractivity contribution in [3.8, 4) is 5.75 Å². The van der Waals surface area contributed by atoms with Crippen molar-refractivity contribution >= 4 is 11.7 Å². The lowest BCUT2D eigenvalue weighted by Gasteiger charge is -2.09. The highest BCUT2D eigenvalue weighted by molar-refractivity contribution is 5.69. The molecule has 13 heteroatoms. The summed E-state index contributed by atoms with van der Waals surface area (Å²) in [6.07, 6.45) is 0.245. The van der Waals surface area contributed by atoms with Crippen LogP contribution in [-0.2, 0) is 52.2 Å². The Morgan fingerprint density at radius 1 is 0.512 bits per heavy atom. The molecule has 0 heterocycles. The molecular formula is C28H49NO12. The smallest absolute Gasteiger partial charge is 0.307 e. The molecule has 13 nitrogen and oxygen atoms in total. The van der Waals surface area contributed by atoms with Crippen LogP contribution in [0.3, 0.4) is 0 Å². The Balaban J connectivity index is 1.65. The molecule has 0 bridgehead atoms. The molecule has 1 aromatic rings. The Bertz CT molecular complexity index is 712.